The lowest BCUT2D eigenvalue weighted by Crippen LogP contribution is -2.39. The first-order chi connectivity index (χ1) is 14.0. The van der Waals surface area contributed by atoms with Gasteiger partial charge in [0, 0.05) is 30.4 Å². The Hall–Kier alpha value is -2.74. The number of nitrogens with one attached hydrogen (secondary N) is 1. The Bertz CT molecular complexity index is 1020. The van der Waals surface area contributed by atoms with E-state index in [1.165, 1.54) is 11.3 Å². The minimum absolute atomic E-state index is 0.0654. The molecule has 0 saturated carbocycles. The van der Waals surface area contributed by atoms with Gasteiger partial charge in [-0.3, -0.25) is 9.59 Å². The number of rotatable bonds is 6. The number of carbonyl (C=O) groups is 2. The summed E-state index contributed by atoms with van der Waals surface area (Å²) in [6.45, 7) is 5.20. The van der Waals surface area contributed by atoms with Crippen LogP contribution in [0.2, 0.25) is 0 Å². The number of likely N-dealkylation sites (tertiary alicyclic amines) is 1. The zero-order valence-corrected chi connectivity index (χ0v) is 17.5. The number of carbonyl (C=O) groups excluding carboxylic acids is 2. The zero-order chi connectivity index (χ0) is 20.4. The molecule has 1 aromatic carbocycles. The van der Waals surface area contributed by atoms with E-state index in [4.69, 9.17) is 0 Å². The second-order valence-electron chi connectivity index (χ2n) is 7.73. The minimum Gasteiger partial charge on any atom is -0.338 e. The molecule has 29 heavy (non-hydrogen) atoms. The van der Waals surface area contributed by atoms with Gasteiger partial charge in [0.05, 0.1) is 29.5 Å². The summed E-state index contributed by atoms with van der Waals surface area (Å²) in [5.74, 6) is -0.0815. The quantitative estimate of drug-likeness (QED) is 0.675. The van der Waals surface area contributed by atoms with Crippen molar-refractivity contribution in [3.63, 3.8) is 0 Å². The molecule has 3 heterocycles. The highest BCUT2D eigenvalue weighted by atomic mass is 32.1. The topological polar surface area (TPSA) is 80.1 Å². The molecule has 8 heteroatoms. The number of benzene rings is 1. The number of amides is 2. The Morgan fingerprint density at radius 1 is 1.31 bits per heavy atom. The number of para-hydroxylation sites is 2. The summed E-state index contributed by atoms with van der Waals surface area (Å²) in [6.07, 6.45) is 4.12. The number of fused-ring (bicyclic) bond motifs is 1. The Labute approximate surface area is 173 Å². The highest BCUT2D eigenvalue weighted by molar-refractivity contribution is 7.13. The number of nitrogens with zero attached hydrogens (tertiary/aromatic N) is 4. The predicted molar refractivity (Wildman–Crippen MR) is 114 cm³/mol. The summed E-state index contributed by atoms with van der Waals surface area (Å²) < 4.78 is 2.13. The molecule has 3 aromatic rings. The molecule has 4 rings (SSSR count). The highest BCUT2D eigenvalue weighted by Crippen LogP contribution is 2.23. The van der Waals surface area contributed by atoms with Gasteiger partial charge in [0.2, 0.25) is 11.8 Å². The number of hydrogen-bond acceptors (Lipinski definition) is 5. The number of thiazole rings is 1. The van der Waals surface area contributed by atoms with E-state index in [2.05, 4.69) is 25.9 Å². The summed E-state index contributed by atoms with van der Waals surface area (Å²) in [6, 6.07) is 8.22. The van der Waals surface area contributed by atoms with Crippen LogP contribution in [0.3, 0.4) is 0 Å². The molecule has 1 N–H and O–H groups in total. The van der Waals surface area contributed by atoms with E-state index in [0.29, 0.717) is 10.8 Å². The maximum atomic E-state index is 12.9. The van der Waals surface area contributed by atoms with Gasteiger partial charge in [0.25, 0.3) is 0 Å². The average Bonchev–Trinajstić information content (AvgIpc) is 3.43. The molecule has 2 amide bonds. The highest BCUT2D eigenvalue weighted by Gasteiger charge is 2.29. The van der Waals surface area contributed by atoms with Crippen LogP contribution >= 0.6 is 11.3 Å². The van der Waals surface area contributed by atoms with Crippen LogP contribution in [0.15, 0.2) is 36.0 Å². The van der Waals surface area contributed by atoms with Crippen molar-refractivity contribution in [1.82, 2.24) is 19.4 Å². The number of hydrogen-bond donors (Lipinski definition) is 1. The van der Waals surface area contributed by atoms with Crippen molar-refractivity contribution in [2.75, 3.05) is 11.9 Å². The average molecular weight is 412 g/mol. The van der Waals surface area contributed by atoms with Crippen molar-refractivity contribution >= 4 is 39.3 Å². The minimum atomic E-state index is -0.103. The van der Waals surface area contributed by atoms with Gasteiger partial charge >= 0.3 is 0 Å². The first kappa shape index (κ1) is 19.6. The normalized spacial score (nSPS) is 16.7. The van der Waals surface area contributed by atoms with Crippen molar-refractivity contribution in [1.29, 1.82) is 0 Å². The van der Waals surface area contributed by atoms with Crippen molar-refractivity contribution in [3.8, 4) is 0 Å². The Balaban J connectivity index is 1.40. The fraction of sp³-hybridized carbons (Fsp3) is 0.429. The van der Waals surface area contributed by atoms with E-state index >= 15 is 0 Å². The molecule has 0 bridgehead atoms. The number of anilines is 1. The Morgan fingerprint density at radius 2 is 2.14 bits per heavy atom. The van der Waals surface area contributed by atoms with Crippen LogP contribution in [0, 0.1) is 5.92 Å². The SMILES string of the molecule is CC(C)C(=O)Nc1nc(CC(=O)N2CCC[C@H]2Cn2cnc3ccccc32)cs1. The van der Waals surface area contributed by atoms with Crippen LogP contribution in [0.1, 0.15) is 32.4 Å². The Morgan fingerprint density at radius 3 is 2.97 bits per heavy atom. The second kappa shape index (κ2) is 8.32. The van der Waals surface area contributed by atoms with Crippen molar-refractivity contribution < 1.29 is 9.59 Å². The molecule has 1 fully saturated rings. The lowest BCUT2D eigenvalue weighted by atomic mass is 10.2. The summed E-state index contributed by atoms with van der Waals surface area (Å²) in [7, 11) is 0. The molecule has 7 nitrogen and oxygen atoms in total. The number of imidazole rings is 1. The summed E-state index contributed by atoms with van der Waals surface area (Å²) >= 11 is 1.36. The molecule has 0 unspecified atom stereocenters. The van der Waals surface area contributed by atoms with Gasteiger partial charge < -0.3 is 14.8 Å². The van der Waals surface area contributed by atoms with Crippen LogP contribution in [-0.2, 0) is 22.6 Å². The third-order valence-electron chi connectivity index (χ3n) is 5.27. The molecule has 152 valence electrons. The third kappa shape index (κ3) is 4.32. The first-order valence-corrected chi connectivity index (χ1v) is 10.8. The molecular weight excluding hydrogens is 386 g/mol. The van der Waals surface area contributed by atoms with E-state index in [0.717, 1.165) is 37.0 Å². The van der Waals surface area contributed by atoms with Gasteiger partial charge in [-0.1, -0.05) is 26.0 Å². The maximum absolute atomic E-state index is 12.9. The van der Waals surface area contributed by atoms with Gasteiger partial charge in [-0.05, 0) is 25.0 Å². The smallest absolute Gasteiger partial charge is 0.228 e. The van der Waals surface area contributed by atoms with Crippen molar-refractivity contribution in [2.24, 2.45) is 5.92 Å². The van der Waals surface area contributed by atoms with Crippen LogP contribution in [-0.4, -0.2) is 43.8 Å². The monoisotopic (exact) mass is 411 g/mol. The van der Waals surface area contributed by atoms with Gasteiger partial charge in [-0.2, -0.15) is 0 Å². The second-order valence-corrected chi connectivity index (χ2v) is 8.59. The molecule has 1 aliphatic heterocycles. The van der Waals surface area contributed by atoms with E-state index in [1.54, 1.807) is 0 Å². The van der Waals surface area contributed by atoms with Crippen LogP contribution in [0.25, 0.3) is 11.0 Å². The Kier molecular flexibility index (Phi) is 5.62. The molecule has 1 atom stereocenters. The molecule has 0 radical (unpaired) electrons. The largest absolute Gasteiger partial charge is 0.338 e. The molecule has 0 spiro atoms. The van der Waals surface area contributed by atoms with Crippen LogP contribution in [0.5, 0.6) is 0 Å². The fourth-order valence-electron chi connectivity index (χ4n) is 3.69. The summed E-state index contributed by atoms with van der Waals surface area (Å²) in [5, 5.41) is 5.19. The van der Waals surface area contributed by atoms with Crippen LogP contribution < -0.4 is 5.32 Å². The lowest BCUT2D eigenvalue weighted by molar-refractivity contribution is -0.131. The van der Waals surface area contributed by atoms with Gasteiger partial charge in [-0.25, -0.2) is 9.97 Å². The summed E-state index contributed by atoms with van der Waals surface area (Å²) in [4.78, 5) is 35.6. The fourth-order valence-corrected chi connectivity index (χ4v) is 4.40. The first-order valence-electron chi connectivity index (χ1n) is 9.96. The summed E-state index contributed by atoms with van der Waals surface area (Å²) in [5.41, 5.74) is 2.77. The van der Waals surface area contributed by atoms with Gasteiger partial charge in [0.15, 0.2) is 5.13 Å². The molecule has 1 aliphatic rings. The van der Waals surface area contributed by atoms with Crippen molar-refractivity contribution in [3.05, 3.63) is 41.7 Å². The van der Waals surface area contributed by atoms with Gasteiger partial charge in [0.1, 0.15) is 0 Å². The standard InChI is InChI=1S/C21H25N5O2S/c1-14(2)20(28)24-21-23-15(12-29-21)10-19(27)26-9-5-6-16(26)11-25-13-22-17-7-3-4-8-18(17)25/h3-4,7-8,12-14,16H,5-6,9-11H2,1-2H3,(H,23,24,28)/t16-/m0/s1. The molecule has 1 saturated heterocycles. The zero-order valence-electron chi connectivity index (χ0n) is 16.7. The number of aromatic nitrogens is 3. The van der Waals surface area contributed by atoms with E-state index < -0.39 is 0 Å². The van der Waals surface area contributed by atoms with E-state index in [-0.39, 0.29) is 30.2 Å². The van der Waals surface area contributed by atoms with E-state index in [1.807, 2.05) is 48.7 Å². The van der Waals surface area contributed by atoms with Crippen molar-refractivity contribution in [2.45, 2.75) is 45.7 Å². The molecule has 2 aromatic heterocycles. The lowest BCUT2D eigenvalue weighted by Gasteiger charge is -2.25. The molecular formula is C21H25N5O2S. The van der Waals surface area contributed by atoms with E-state index in [9.17, 15) is 9.59 Å². The third-order valence-corrected chi connectivity index (χ3v) is 6.08. The molecule has 0 aliphatic carbocycles. The van der Waals surface area contributed by atoms with Crippen LogP contribution in [0.4, 0.5) is 5.13 Å². The predicted octanol–water partition coefficient (Wildman–Crippen LogP) is 3.32. The van der Waals surface area contributed by atoms with Gasteiger partial charge in [-0.15, -0.1) is 11.3 Å². The maximum Gasteiger partial charge on any atom is 0.228 e.